The number of benzene rings is 1. The first kappa shape index (κ1) is 17.9. The number of nitrogens with zero attached hydrogens (tertiary/aromatic N) is 3. The summed E-state index contributed by atoms with van der Waals surface area (Å²) >= 11 is 1.14. The van der Waals surface area contributed by atoms with Crippen LogP contribution in [0.1, 0.15) is 10.4 Å². The van der Waals surface area contributed by atoms with E-state index in [4.69, 9.17) is 0 Å². The minimum atomic E-state index is -0.683. The maximum Gasteiger partial charge on any atom is 0.339 e. The van der Waals surface area contributed by atoms with E-state index in [-0.39, 0.29) is 10.8 Å². The normalized spacial score (nSPS) is 10.1. The summed E-state index contributed by atoms with van der Waals surface area (Å²) in [6, 6.07) is 8.34. The molecule has 3 amide bonds. The fraction of sp³-hybridized carbons (Fsp3) is 0. The lowest BCUT2D eigenvalue weighted by atomic mass is 10.1. The molecule has 1 aromatic carbocycles. The molecule has 0 fully saturated rings. The van der Waals surface area contributed by atoms with E-state index >= 15 is 0 Å². The molecular formula is C16H12N6O4S. The Kier molecular flexibility index (Phi) is 5.33. The van der Waals surface area contributed by atoms with E-state index in [0.29, 0.717) is 16.8 Å². The molecule has 0 aliphatic rings. The van der Waals surface area contributed by atoms with Gasteiger partial charge in [-0.3, -0.25) is 30.6 Å². The third-order valence-electron chi connectivity index (χ3n) is 3.31. The highest BCUT2D eigenvalue weighted by Gasteiger charge is 2.12. The van der Waals surface area contributed by atoms with E-state index in [2.05, 4.69) is 26.1 Å². The highest BCUT2D eigenvalue weighted by atomic mass is 32.1. The Morgan fingerprint density at radius 2 is 1.89 bits per heavy atom. The van der Waals surface area contributed by atoms with Crippen LogP contribution < -0.4 is 16.2 Å². The summed E-state index contributed by atoms with van der Waals surface area (Å²) in [7, 11) is 0. The van der Waals surface area contributed by atoms with Crippen LogP contribution in [0.4, 0.5) is 15.6 Å². The smallest absolute Gasteiger partial charge is 0.282 e. The van der Waals surface area contributed by atoms with E-state index in [9.17, 15) is 19.7 Å². The van der Waals surface area contributed by atoms with Crippen LogP contribution in [0.15, 0.2) is 54.2 Å². The van der Waals surface area contributed by atoms with Crippen LogP contribution in [0.5, 0.6) is 0 Å². The monoisotopic (exact) mass is 384 g/mol. The number of hydrogen-bond acceptors (Lipinski definition) is 7. The zero-order valence-electron chi connectivity index (χ0n) is 13.6. The molecule has 0 saturated heterocycles. The zero-order valence-corrected chi connectivity index (χ0v) is 14.4. The summed E-state index contributed by atoms with van der Waals surface area (Å²) in [5, 5.41) is 15.2. The molecule has 0 bridgehead atoms. The Balaban J connectivity index is 1.59. The summed E-state index contributed by atoms with van der Waals surface area (Å²) in [4.78, 5) is 42.1. The number of urea groups is 1. The van der Waals surface area contributed by atoms with Gasteiger partial charge in [0.2, 0.25) is 0 Å². The van der Waals surface area contributed by atoms with Gasteiger partial charge in [0.1, 0.15) is 0 Å². The Morgan fingerprint density at radius 3 is 2.63 bits per heavy atom. The van der Waals surface area contributed by atoms with Crippen molar-refractivity contribution in [2.75, 3.05) is 5.32 Å². The van der Waals surface area contributed by atoms with Gasteiger partial charge in [0.15, 0.2) is 5.13 Å². The highest BCUT2D eigenvalue weighted by molar-refractivity contribution is 7.14. The lowest BCUT2D eigenvalue weighted by Gasteiger charge is -2.07. The van der Waals surface area contributed by atoms with Crippen molar-refractivity contribution in [1.82, 2.24) is 20.8 Å². The Bertz CT molecular complexity index is 991. The van der Waals surface area contributed by atoms with Crippen molar-refractivity contribution < 1.29 is 14.5 Å². The van der Waals surface area contributed by atoms with Gasteiger partial charge in [-0.25, -0.2) is 15.2 Å². The van der Waals surface area contributed by atoms with Crippen molar-refractivity contribution in [3.63, 3.8) is 0 Å². The van der Waals surface area contributed by atoms with Crippen molar-refractivity contribution in [2.24, 2.45) is 0 Å². The van der Waals surface area contributed by atoms with Crippen LogP contribution in [-0.2, 0) is 0 Å². The Labute approximate surface area is 156 Å². The Hall–Kier alpha value is -3.86. The molecule has 11 heteroatoms. The third kappa shape index (κ3) is 4.61. The van der Waals surface area contributed by atoms with Crippen LogP contribution in [0.2, 0.25) is 0 Å². The summed E-state index contributed by atoms with van der Waals surface area (Å²) in [5.41, 5.74) is 5.79. The number of nitrogens with one attached hydrogen (secondary N) is 3. The number of carbonyl (C=O) groups is 2. The molecule has 2 heterocycles. The standard InChI is InChI=1S/C16H12N6O4S/c23-14(10-4-6-17-7-5-10)20-21-15(24)19-16-18-13(9-27-16)11-2-1-3-12(8-11)22(25)26/h1-9H,(H,20,23)(H2,18,19,21,24). The summed E-state index contributed by atoms with van der Waals surface area (Å²) in [6.45, 7) is 0. The van der Waals surface area contributed by atoms with E-state index in [1.54, 1.807) is 17.5 Å². The Morgan fingerprint density at radius 1 is 1.11 bits per heavy atom. The molecule has 0 aliphatic carbocycles. The van der Waals surface area contributed by atoms with E-state index in [1.165, 1.54) is 36.7 Å². The molecule has 2 aromatic heterocycles. The number of pyridine rings is 1. The maximum absolute atomic E-state index is 11.9. The molecule has 10 nitrogen and oxygen atoms in total. The van der Waals surface area contributed by atoms with Crippen LogP contribution in [-0.4, -0.2) is 26.8 Å². The van der Waals surface area contributed by atoms with Crippen molar-refractivity contribution in [3.8, 4) is 11.3 Å². The molecule has 0 spiro atoms. The first-order chi connectivity index (χ1) is 13.0. The van der Waals surface area contributed by atoms with Gasteiger partial charge in [-0.15, -0.1) is 11.3 Å². The fourth-order valence-electron chi connectivity index (χ4n) is 2.06. The first-order valence-corrected chi connectivity index (χ1v) is 8.38. The molecule has 0 aliphatic heterocycles. The van der Waals surface area contributed by atoms with E-state index in [0.717, 1.165) is 11.3 Å². The van der Waals surface area contributed by atoms with Gasteiger partial charge >= 0.3 is 6.03 Å². The number of hydrogen-bond donors (Lipinski definition) is 3. The number of thiazole rings is 1. The first-order valence-electron chi connectivity index (χ1n) is 7.50. The van der Waals surface area contributed by atoms with Gasteiger partial charge in [-0.2, -0.15) is 0 Å². The average Bonchev–Trinajstić information content (AvgIpc) is 3.15. The van der Waals surface area contributed by atoms with Crippen molar-refractivity contribution in [3.05, 3.63) is 69.8 Å². The average molecular weight is 384 g/mol. The number of nitro groups is 1. The molecular weight excluding hydrogens is 372 g/mol. The summed E-state index contributed by atoms with van der Waals surface area (Å²) in [5.74, 6) is -0.496. The van der Waals surface area contributed by atoms with Gasteiger partial charge in [-0.05, 0) is 12.1 Å². The molecule has 0 radical (unpaired) electrons. The molecule has 0 atom stereocenters. The SMILES string of the molecule is O=C(NNC(=O)c1ccncc1)Nc1nc(-c2cccc([N+](=O)[O-])c2)cs1. The summed E-state index contributed by atoms with van der Waals surface area (Å²) < 4.78 is 0. The van der Waals surface area contributed by atoms with Crippen molar-refractivity contribution in [2.45, 2.75) is 0 Å². The number of nitro benzene ring substituents is 1. The second-order valence-corrected chi connectivity index (χ2v) is 5.97. The van der Waals surface area contributed by atoms with Crippen LogP contribution in [0.3, 0.4) is 0 Å². The van der Waals surface area contributed by atoms with Gasteiger partial charge in [0.05, 0.1) is 10.6 Å². The number of anilines is 1. The van der Waals surface area contributed by atoms with Crippen molar-refractivity contribution >= 4 is 34.1 Å². The highest BCUT2D eigenvalue weighted by Crippen LogP contribution is 2.27. The van der Waals surface area contributed by atoms with E-state index < -0.39 is 16.9 Å². The minimum Gasteiger partial charge on any atom is -0.282 e. The quantitative estimate of drug-likeness (QED) is 0.467. The van der Waals surface area contributed by atoms with E-state index in [1.807, 2.05) is 0 Å². The van der Waals surface area contributed by atoms with Crippen LogP contribution >= 0.6 is 11.3 Å². The predicted molar refractivity (Wildman–Crippen MR) is 98.1 cm³/mol. The number of hydrazine groups is 1. The van der Waals surface area contributed by atoms with Crippen molar-refractivity contribution in [1.29, 1.82) is 0 Å². The van der Waals surface area contributed by atoms with Gasteiger partial charge in [-0.1, -0.05) is 12.1 Å². The summed E-state index contributed by atoms with van der Waals surface area (Å²) in [6.07, 6.45) is 2.92. The zero-order chi connectivity index (χ0) is 19.2. The number of amides is 3. The molecule has 3 aromatic rings. The number of carbonyl (C=O) groups excluding carboxylic acids is 2. The maximum atomic E-state index is 11.9. The number of aromatic nitrogens is 2. The van der Waals surface area contributed by atoms with Crippen LogP contribution in [0, 0.1) is 10.1 Å². The molecule has 3 rings (SSSR count). The molecule has 0 saturated carbocycles. The topological polar surface area (TPSA) is 139 Å². The van der Waals surface area contributed by atoms with Crippen LogP contribution in [0.25, 0.3) is 11.3 Å². The second-order valence-electron chi connectivity index (χ2n) is 5.11. The molecule has 136 valence electrons. The molecule has 3 N–H and O–H groups in total. The number of rotatable bonds is 4. The molecule has 27 heavy (non-hydrogen) atoms. The van der Waals surface area contributed by atoms with Gasteiger partial charge < -0.3 is 0 Å². The lowest BCUT2D eigenvalue weighted by molar-refractivity contribution is -0.384. The van der Waals surface area contributed by atoms with Gasteiger partial charge in [0, 0.05) is 41.0 Å². The molecule has 0 unspecified atom stereocenters. The third-order valence-corrected chi connectivity index (χ3v) is 4.07. The second kappa shape index (κ2) is 8.01. The van der Waals surface area contributed by atoms with Gasteiger partial charge in [0.25, 0.3) is 11.6 Å². The minimum absolute atomic E-state index is 0.0495. The number of non-ortho nitro benzene ring substituents is 1. The largest absolute Gasteiger partial charge is 0.339 e. The lowest BCUT2D eigenvalue weighted by Crippen LogP contribution is -2.43. The predicted octanol–water partition coefficient (Wildman–Crippen LogP) is 2.58. The fourth-order valence-corrected chi connectivity index (χ4v) is 2.77.